The first-order valence-electron chi connectivity index (χ1n) is 8.52. The maximum absolute atomic E-state index is 14.0. The molecule has 0 atom stereocenters. The van der Waals surface area contributed by atoms with Crippen molar-refractivity contribution in [2.24, 2.45) is 5.14 Å². The van der Waals surface area contributed by atoms with Crippen LogP contribution < -0.4 is 5.14 Å². The molecule has 154 valence electrons. The molecule has 10 heteroatoms. The van der Waals surface area contributed by atoms with Gasteiger partial charge in [0, 0.05) is 22.6 Å². The van der Waals surface area contributed by atoms with E-state index in [-0.39, 0.29) is 33.8 Å². The predicted octanol–water partition coefficient (Wildman–Crippen LogP) is 4.63. The number of halogens is 3. The molecule has 0 saturated carbocycles. The van der Waals surface area contributed by atoms with Gasteiger partial charge in [0.05, 0.1) is 4.90 Å². The number of thioether (sulfide) groups is 1. The van der Waals surface area contributed by atoms with Gasteiger partial charge in [-0.05, 0) is 36.9 Å². The smallest absolute Gasteiger partial charge is 0.260 e. The molecule has 0 amide bonds. The zero-order valence-electron chi connectivity index (χ0n) is 15.6. The third-order valence-corrected chi connectivity index (χ3v) is 6.06. The quantitative estimate of drug-likeness (QED) is 0.586. The molecule has 1 heterocycles. The molecular formula is C19H18F3N3O2S2. The van der Waals surface area contributed by atoms with E-state index in [1.165, 1.54) is 43.0 Å². The Bertz CT molecular complexity index is 1140. The number of primary sulfonamides is 1. The molecule has 5 nitrogen and oxygen atoms in total. The van der Waals surface area contributed by atoms with Crippen LogP contribution in [0.5, 0.6) is 0 Å². The summed E-state index contributed by atoms with van der Waals surface area (Å²) >= 11 is 1.46. The van der Waals surface area contributed by atoms with Crippen LogP contribution in [0.4, 0.5) is 13.2 Å². The van der Waals surface area contributed by atoms with Crippen LogP contribution in [0.3, 0.4) is 0 Å². The van der Waals surface area contributed by atoms with E-state index in [0.29, 0.717) is 0 Å². The minimum Gasteiger partial charge on any atom is -0.260 e. The first kappa shape index (κ1) is 21.4. The van der Waals surface area contributed by atoms with Crippen molar-refractivity contribution in [2.75, 3.05) is 6.26 Å². The van der Waals surface area contributed by atoms with Crippen LogP contribution in [-0.2, 0) is 22.7 Å². The van der Waals surface area contributed by atoms with Crippen LogP contribution in [0, 0.1) is 0 Å². The monoisotopic (exact) mass is 441 g/mol. The minimum atomic E-state index is -4.69. The Morgan fingerprint density at radius 2 is 1.72 bits per heavy atom. The molecule has 0 fully saturated rings. The summed E-state index contributed by atoms with van der Waals surface area (Å²) in [6, 6.07) is 12.2. The Labute approximate surface area is 170 Å². The van der Waals surface area contributed by atoms with Gasteiger partial charge in [0.2, 0.25) is 10.0 Å². The number of hydrogen-bond donors (Lipinski definition) is 1. The summed E-state index contributed by atoms with van der Waals surface area (Å²) in [6.07, 6.45) is -2.83. The zero-order valence-corrected chi connectivity index (χ0v) is 17.2. The van der Waals surface area contributed by atoms with Crippen molar-refractivity contribution >= 4 is 21.8 Å². The molecule has 0 aliphatic rings. The zero-order chi connectivity index (χ0) is 21.4. The number of benzene rings is 2. The largest absolute Gasteiger partial charge is 0.433 e. The Morgan fingerprint density at radius 3 is 2.24 bits per heavy atom. The molecule has 3 rings (SSSR count). The molecule has 1 aromatic heterocycles. The topological polar surface area (TPSA) is 78.0 Å². The Kier molecular flexibility index (Phi) is 5.79. The summed E-state index contributed by atoms with van der Waals surface area (Å²) in [7, 11) is -4.17. The molecule has 0 bridgehead atoms. The summed E-state index contributed by atoms with van der Waals surface area (Å²) in [5, 5.41) is 9.43. The van der Waals surface area contributed by atoms with Gasteiger partial charge in [-0.2, -0.15) is 18.3 Å². The number of hydrogen-bond acceptors (Lipinski definition) is 4. The van der Waals surface area contributed by atoms with Gasteiger partial charge < -0.3 is 0 Å². The average Bonchev–Trinajstić information content (AvgIpc) is 3.07. The molecule has 0 unspecified atom stereocenters. The molecular weight excluding hydrogens is 423 g/mol. The lowest BCUT2D eigenvalue weighted by Gasteiger charge is -2.13. The van der Waals surface area contributed by atoms with Crippen molar-refractivity contribution in [3.63, 3.8) is 0 Å². The van der Waals surface area contributed by atoms with Crippen LogP contribution in [-0.4, -0.2) is 24.5 Å². The third kappa shape index (κ3) is 4.19. The summed E-state index contributed by atoms with van der Waals surface area (Å²) < 4.78 is 66.9. The molecule has 0 radical (unpaired) electrons. The Morgan fingerprint density at radius 1 is 1.10 bits per heavy atom. The number of rotatable bonds is 5. The second-order valence-corrected chi connectivity index (χ2v) is 8.56. The highest BCUT2D eigenvalue weighted by Gasteiger charge is 2.40. The van der Waals surface area contributed by atoms with E-state index in [4.69, 9.17) is 5.14 Å². The summed E-state index contributed by atoms with van der Waals surface area (Å²) in [5.41, 5.74) is -0.884. The standard InChI is InChI=1S/C19H18F3N3O2S2/c1-3-25-18(19(20,21)22)16(12-8-10-13(28-2)11-9-12)17(24-25)14-6-4-5-7-15(14)29(23,26)27/h4-11H,3H2,1-2H3,(H2,23,26,27). The number of alkyl halides is 3. The van der Waals surface area contributed by atoms with Crippen LogP contribution in [0.2, 0.25) is 0 Å². The van der Waals surface area contributed by atoms with Crippen molar-refractivity contribution in [3.8, 4) is 22.4 Å². The fourth-order valence-corrected chi connectivity index (χ4v) is 4.26. The van der Waals surface area contributed by atoms with Crippen molar-refractivity contribution in [1.29, 1.82) is 0 Å². The van der Waals surface area contributed by atoms with Gasteiger partial charge in [0.1, 0.15) is 5.69 Å². The van der Waals surface area contributed by atoms with Crippen LogP contribution in [0.15, 0.2) is 58.3 Å². The molecule has 2 aromatic carbocycles. The number of nitrogens with two attached hydrogens (primary N) is 1. The minimum absolute atomic E-state index is 0.0247. The number of aromatic nitrogens is 2. The van der Waals surface area contributed by atoms with Crippen molar-refractivity contribution in [2.45, 2.75) is 29.4 Å². The normalized spacial score (nSPS) is 12.3. The molecule has 29 heavy (non-hydrogen) atoms. The SMILES string of the molecule is CCn1nc(-c2ccccc2S(N)(=O)=O)c(-c2ccc(SC)cc2)c1C(F)(F)F. The van der Waals surface area contributed by atoms with Crippen molar-refractivity contribution in [3.05, 3.63) is 54.2 Å². The summed E-state index contributed by atoms with van der Waals surface area (Å²) in [6.45, 7) is 1.50. The number of nitrogens with zero attached hydrogens (tertiary/aromatic N) is 2. The molecule has 0 saturated heterocycles. The lowest BCUT2D eigenvalue weighted by molar-refractivity contribution is -0.143. The highest BCUT2D eigenvalue weighted by Crippen LogP contribution is 2.44. The van der Waals surface area contributed by atoms with Crippen LogP contribution in [0.1, 0.15) is 12.6 Å². The molecule has 0 aliphatic carbocycles. The molecule has 0 aliphatic heterocycles. The van der Waals surface area contributed by atoms with E-state index >= 15 is 0 Å². The van der Waals surface area contributed by atoms with Crippen molar-refractivity contribution in [1.82, 2.24) is 9.78 Å². The first-order valence-corrected chi connectivity index (χ1v) is 11.3. The van der Waals surface area contributed by atoms with Gasteiger partial charge in [-0.1, -0.05) is 30.3 Å². The van der Waals surface area contributed by atoms with E-state index in [1.807, 2.05) is 6.26 Å². The van der Waals surface area contributed by atoms with E-state index in [9.17, 15) is 21.6 Å². The van der Waals surface area contributed by atoms with Gasteiger partial charge in [-0.25, -0.2) is 13.6 Å². The highest BCUT2D eigenvalue weighted by molar-refractivity contribution is 7.98. The van der Waals surface area contributed by atoms with Crippen molar-refractivity contribution < 1.29 is 21.6 Å². The Balaban J connectivity index is 2.41. The molecule has 3 aromatic rings. The van der Waals surface area contributed by atoms with Crippen LogP contribution >= 0.6 is 11.8 Å². The van der Waals surface area contributed by atoms with Gasteiger partial charge in [-0.15, -0.1) is 11.8 Å². The van der Waals surface area contributed by atoms with Gasteiger partial charge in [0.25, 0.3) is 0 Å². The molecule has 0 spiro atoms. The molecule has 2 N–H and O–H groups in total. The third-order valence-electron chi connectivity index (χ3n) is 4.35. The lowest BCUT2D eigenvalue weighted by Crippen LogP contribution is -2.14. The van der Waals surface area contributed by atoms with Gasteiger partial charge in [-0.3, -0.25) is 4.68 Å². The average molecular weight is 442 g/mol. The van der Waals surface area contributed by atoms with Crippen LogP contribution in [0.25, 0.3) is 22.4 Å². The first-order chi connectivity index (χ1) is 13.6. The Hall–Kier alpha value is -2.30. The number of aryl methyl sites for hydroxylation is 1. The fraction of sp³-hybridized carbons (Fsp3) is 0.211. The highest BCUT2D eigenvalue weighted by atomic mass is 32.2. The fourth-order valence-electron chi connectivity index (χ4n) is 3.11. The maximum Gasteiger partial charge on any atom is 0.433 e. The maximum atomic E-state index is 14.0. The van der Waals surface area contributed by atoms with Gasteiger partial charge in [0.15, 0.2) is 5.69 Å². The second kappa shape index (κ2) is 7.85. The van der Waals surface area contributed by atoms with E-state index in [0.717, 1.165) is 9.58 Å². The van der Waals surface area contributed by atoms with E-state index < -0.39 is 21.9 Å². The van der Waals surface area contributed by atoms with E-state index in [1.54, 1.807) is 24.3 Å². The summed E-state index contributed by atoms with van der Waals surface area (Å²) in [5.74, 6) is 0. The summed E-state index contributed by atoms with van der Waals surface area (Å²) in [4.78, 5) is 0.605. The van der Waals surface area contributed by atoms with Gasteiger partial charge >= 0.3 is 6.18 Å². The van der Waals surface area contributed by atoms with E-state index in [2.05, 4.69) is 5.10 Å². The predicted molar refractivity (Wildman–Crippen MR) is 107 cm³/mol. The lowest BCUT2D eigenvalue weighted by atomic mass is 9.98. The number of sulfonamides is 1. The second-order valence-electron chi connectivity index (χ2n) is 6.16.